The maximum atomic E-state index is 11.5. The van der Waals surface area contributed by atoms with Gasteiger partial charge in [0, 0.05) is 36.8 Å². The Balaban J connectivity index is 2.18. The molecule has 1 aromatic carbocycles. The van der Waals surface area contributed by atoms with Crippen molar-refractivity contribution in [2.75, 3.05) is 26.7 Å². The first-order valence-electron chi connectivity index (χ1n) is 6.18. The molecule has 6 heteroatoms. The number of hydrogen-bond acceptors (Lipinski definition) is 4. The normalized spacial score (nSPS) is 20.2. The number of carbonyl (C=O) groups excluding carboxylic acids is 1. The second-order valence-corrected chi connectivity index (χ2v) is 4.99. The Morgan fingerprint density at radius 2 is 2.42 bits per heavy atom. The van der Waals surface area contributed by atoms with Gasteiger partial charge in [0.2, 0.25) is 5.91 Å². The van der Waals surface area contributed by atoms with Gasteiger partial charge in [0.15, 0.2) is 0 Å². The van der Waals surface area contributed by atoms with E-state index in [9.17, 15) is 4.79 Å². The lowest BCUT2D eigenvalue weighted by Gasteiger charge is -2.34. The number of piperazine rings is 1. The van der Waals surface area contributed by atoms with Gasteiger partial charge in [-0.15, -0.1) is 0 Å². The van der Waals surface area contributed by atoms with Crippen molar-refractivity contribution in [2.45, 2.75) is 12.6 Å². The number of ether oxygens (including phenoxy) is 1. The Kier molecular flexibility index (Phi) is 4.63. The highest BCUT2D eigenvalue weighted by Gasteiger charge is 2.27. The van der Waals surface area contributed by atoms with Crippen molar-refractivity contribution in [2.24, 2.45) is 5.73 Å². The molecular formula is C13H18ClN3O2. The number of halogens is 1. The van der Waals surface area contributed by atoms with Crippen LogP contribution in [0.25, 0.3) is 0 Å². The predicted octanol–water partition coefficient (Wildman–Crippen LogP) is 0.608. The smallest absolute Gasteiger partial charge is 0.236 e. The zero-order chi connectivity index (χ0) is 13.8. The second-order valence-electron chi connectivity index (χ2n) is 4.55. The number of rotatable bonds is 4. The highest BCUT2D eigenvalue weighted by atomic mass is 35.5. The summed E-state index contributed by atoms with van der Waals surface area (Å²) in [6.45, 7) is 2.78. The SMILES string of the molecule is COc1ccc(Cl)cc1CN1CCNCC1C(N)=O. The zero-order valence-corrected chi connectivity index (χ0v) is 11.6. The summed E-state index contributed by atoms with van der Waals surface area (Å²) in [6, 6.07) is 5.18. The summed E-state index contributed by atoms with van der Waals surface area (Å²) in [5.41, 5.74) is 6.40. The summed E-state index contributed by atoms with van der Waals surface area (Å²) in [5, 5.41) is 3.83. The number of primary amides is 1. The number of hydrogen-bond donors (Lipinski definition) is 2. The molecule has 1 aliphatic rings. The third-order valence-electron chi connectivity index (χ3n) is 3.30. The summed E-state index contributed by atoms with van der Waals surface area (Å²) in [7, 11) is 1.62. The number of methoxy groups -OCH3 is 1. The molecule has 0 spiro atoms. The number of benzene rings is 1. The van der Waals surface area contributed by atoms with Crippen LogP contribution in [0, 0.1) is 0 Å². The van der Waals surface area contributed by atoms with E-state index in [1.807, 2.05) is 17.0 Å². The van der Waals surface area contributed by atoms with E-state index in [-0.39, 0.29) is 11.9 Å². The van der Waals surface area contributed by atoms with Gasteiger partial charge in [-0.1, -0.05) is 11.6 Å². The fourth-order valence-corrected chi connectivity index (χ4v) is 2.50. The summed E-state index contributed by atoms with van der Waals surface area (Å²) in [5.74, 6) is 0.458. The molecule has 0 saturated carbocycles. The van der Waals surface area contributed by atoms with Gasteiger partial charge < -0.3 is 15.8 Å². The van der Waals surface area contributed by atoms with Gasteiger partial charge >= 0.3 is 0 Å². The van der Waals surface area contributed by atoms with Gasteiger partial charge in [0.05, 0.1) is 7.11 Å². The standard InChI is InChI=1S/C13H18ClN3O2/c1-19-12-3-2-10(14)6-9(12)8-17-5-4-16-7-11(17)13(15)18/h2-3,6,11,16H,4-5,7-8H2,1H3,(H2,15,18). The van der Waals surface area contributed by atoms with Crippen molar-refractivity contribution in [3.8, 4) is 5.75 Å². The largest absolute Gasteiger partial charge is 0.496 e. The lowest BCUT2D eigenvalue weighted by atomic mass is 10.1. The number of nitrogens with one attached hydrogen (secondary N) is 1. The van der Waals surface area contributed by atoms with Crippen molar-refractivity contribution in [1.82, 2.24) is 10.2 Å². The summed E-state index contributed by atoms with van der Waals surface area (Å²) >= 11 is 6.01. The van der Waals surface area contributed by atoms with Gasteiger partial charge in [-0.3, -0.25) is 9.69 Å². The summed E-state index contributed by atoms with van der Waals surface area (Å²) in [6.07, 6.45) is 0. The number of amides is 1. The minimum atomic E-state index is -0.312. The quantitative estimate of drug-likeness (QED) is 0.850. The average molecular weight is 284 g/mol. The van der Waals surface area contributed by atoms with Crippen LogP contribution >= 0.6 is 11.6 Å². The van der Waals surface area contributed by atoms with E-state index in [1.165, 1.54) is 0 Å². The van der Waals surface area contributed by atoms with Gasteiger partial charge in [-0.05, 0) is 18.2 Å². The fraction of sp³-hybridized carbons (Fsp3) is 0.462. The Hall–Kier alpha value is -1.30. The van der Waals surface area contributed by atoms with Crippen LogP contribution in [0.4, 0.5) is 0 Å². The Morgan fingerprint density at radius 3 is 3.11 bits per heavy atom. The van der Waals surface area contributed by atoms with E-state index in [0.29, 0.717) is 18.1 Å². The van der Waals surface area contributed by atoms with Crippen molar-refractivity contribution in [1.29, 1.82) is 0 Å². The van der Waals surface area contributed by atoms with Crippen LogP contribution in [-0.2, 0) is 11.3 Å². The van der Waals surface area contributed by atoms with Crippen LogP contribution in [0.5, 0.6) is 5.75 Å². The second kappa shape index (κ2) is 6.23. The van der Waals surface area contributed by atoms with Crippen LogP contribution in [0.15, 0.2) is 18.2 Å². The Bertz CT molecular complexity index is 467. The van der Waals surface area contributed by atoms with Crippen LogP contribution in [0.1, 0.15) is 5.56 Å². The molecule has 1 atom stereocenters. The van der Waals surface area contributed by atoms with Crippen LogP contribution in [0.2, 0.25) is 5.02 Å². The molecule has 104 valence electrons. The van der Waals surface area contributed by atoms with Gasteiger partial charge in [0.1, 0.15) is 11.8 Å². The Morgan fingerprint density at radius 1 is 1.63 bits per heavy atom. The van der Waals surface area contributed by atoms with Crippen LogP contribution in [-0.4, -0.2) is 43.6 Å². The molecule has 0 aromatic heterocycles. The lowest BCUT2D eigenvalue weighted by Crippen LogP contribution is -2.56. The van der Waals surface area contributed by atoms with Crippen LogP contribution < -0.4 is 15.8 Å². The topological polar surface area (TPSA) is 67.6 Å². The molecule has 5 nitrogen and oxygen atoms in total. The number of nitrogens with zero attached hydrogens (tertiary/aromatic N) is 1. The summed E-state index contributed by atoms with van der Waals surface area (Å²) in [4.78, 5) is 13.5. The van der Waals surface area contributed by atoms with E-state index < -0.39 is 0 Å². The van der Waals surface area contributed by atoms with E-state index in [2.05, 4.69) is 5.32 Å². The van der Waals surface area contributed by atoms with Crippen molar-refractivity contribution in [3.63, 3.8) is 0 Å². The molecule has 2 rings (SSSR count). The van der Waals surface area contributed by atoms with Crippen molar-refractivity contribution in [3.05, 3.63) is 28.8 Å². The van der Waals surface area contributed by atoms with E-state index >= 15 is 0 Å². The average Bonchev–Trinajstić information content (AvgIpc) is 2.39. The first-order valence-corrected chi connectivity index (χ1v) is 6.56. The van der Waals surface area contributed by atoms with Gasteiger partial charge in [0.25, 0.3) is 0 Å². The van der Waals surface area contributed by atoms with E-state index in [1.54, 1.807) is 13.2 Å². The summed E-state index contributed by atoms with van der Waals surface area (Å²) < 4.78 is 5.32. The molecule has 3 N–H and O–H groups in total. The van der Waals surface area contributed by atoms with E-state index in [4.69, 9.17) is 22.1 Å². The highest BCUT2D eigenvalue weighted by Crippen LogP contribution is 2.24. The highest BCUT2D eigenvalue weighted by molar-refractivity contribution is 6.30. The molecule has 0 bridgehead atoms. The molecule has 1 heterocycles. The van der Waals surface area contributed by atoms with Crippen molar-refractivity contribution >= 4 is 17.5 Å². The molecule has 1 aromatic rings. The molecule has 1 fully saturated rings. The molecule has 0 radical (unpaired) electrons. The molecule has 1 saturated heterocycles. The predicted molar refractivity (Wildman–Crippen MR) is 74.3 cm³/mol. The van der Waals surface area contributed by atoms with Crippen molar-refractivity contribution < 1.29 is 9.53 Å². The fourth-order valence-electron chi connectivity index (χ4n) is 2.31. The first-order chi connectivity index (χ1) is 9.11. The lowest BCUT2D eigenvalue weighted by molar-refractivity contribution is -0.124. The van der Waals surface area contributed by atoms with E-state index in [0.717, 1.165) is 24.4 Å². The number of nitrogens with two attached hydrogens (primary N) is 1. The molecule has 1 aliphatic heterocycles. The maximum absolute atomic E-state index is 11.5. The third-order valence-corrected chi connectivity index (χ3v) is 3.53. The Labute approximate surface area is 117 Å². The maximum Gasteiger partial charge on any atom is 0.236 e. The number of carbonyl (C=O) groups is 1. The molecule has 0 aliphatic carbocycles. The minimum absolute atomic E-state index is 0.294. The minimum Gasteiger partial charge on any atom is -0.496 e. The molecular weight excluding hydrogens is 266 g/mol. The molecule has 1 amide bonds. The third kappa shape index (κ3) is 3.37. The molecule has 19 heavy (non-hydrogen) atoms. The zero-order valence-electron chi connectivity index (χ0n) is 10.9. The molecule has 1 unspecified atom stereocenters. The van der Waals surface area contributed by atoms with Gasteiger partial charge in [-0.25, -0.2) is 0 Å². The first kappa shape index (κ1) is 14.1. The van der Waals surface area contributed by atoms with Gasteiger partial charge in [-0.2, -0.15) is 0 Å². The van der Waals surface area contributed by atoms with Crippen LogP contribution in [0.3, 0.4) is 0 Å². The monoisotopic (exact) mass is 283 g/mol.